The van der Waals surface area contributed by atoms with Crippen LogP contribution in [-0.2, 0) is 16.4 Å². The Morgan fingerprint density at radius 2 is 1.58 bits per heavy atom. The number of para-hydroxylation sites is 1. The van der Waals surface area contributed by atoms with Gasteiger partial charge in [0.25, 0.3) is 0 Å². The number of rotatable bonds is 5. The van der Waals surface area contributed by atoms with Crippen molar-refractivity contribution < 1.29 is 8.42 Å². The van der Waals surface area contributed by atoms with Gasteiger partial charge in [-0.25, -0.2) is 8.42 Å². The molecule has 31 heavy (non-hydrogen) atoms. The van der Waals surface area contributed by atoms with Crippen LogP contribution in [0.25, 0.3) is 0 Å². The molecule has 160 valence electrons. The van der Waals surface area contributed by atoms with Crippen LogP contribution in [0.4, 0.5) is 11.4 Å². The van der Waals surface area contributed by atoms with E-state index in [2.05, 4.69) is 34.1 Å². The van der Waals surface area contributed by atoms with Gasteiger partial charge in [-0.3, -0.25) is 0 Å². The minimum atomic E-state index is -3.54. The second kappa shape index (κ2) is 8.60. The van der Waals surface area contributed by atoms with Crippen molar-refractivity contribution in [1.82, 2.24) is 0 Å². The topological polar surface area (TPSA) is 40.6 Å². The van der Waals surface area contributed by atoms with Crippen molar-refractivity contribution in [2.75, 3.05) is 28.8 Å². The van der Waals surface area contributed by atoms with Crippen LogP contribution in [0.3, 0.4) is 0 Å². The first-order valence-electron chi connectivity index (χ1n) is 10.8. The molecule has 0 bridgehead atoms. The maximum atomic E-state index is 13.3. The standard InChI is InChI=1S/C25H26N2O2S2/c28-31(29,23-8-6-7-21(17-23)26-15-4-1-5-16-26)22-13-11-20(12-14-22)18-27-19-30-25-10-3-2-9-24(25)27/h2-3,6-14,17H,1,4-5,15-16,18-19H2. The molecule has 3 aromatic rings. The Balaban J connectivity index is 1.34. The Morgan fingerprint density at radius 3 is 2.39 bits per heavy atom. The zero-order valence-electron chi connectivity index (χ0n) is 17.4. The van der Waals surface area contributed by atoms with Crippen LogP contribution < -0.4 is 9.80 Å². The van der Waals surface area contributed by atoms with Crippen molar-refractivity contribution >= 4 is 33.0 Å². The van der Waals surface area contributed by atoms with Crippen LogP contribution in [-0.4, -0.2) is 27.4 Å². The summed E-state index contributed by atoms with van der Waals surface area (Å²) in [6, 6.07) is 23.2. The highest BCUT2D eigenvalue weighted by Gasteiger charge is 2.21. The van der Waals surface area contributed by atoms with E-state index >= 15 is 0 Å². The van der Waals surface area contributed by atoms with Gasteiger partial charge in [0.15, 0.2) is 0 Å². The SMILES string of the molecule is O=S(=O)(c1ccc(CN2CSc3ccccc32)cc1)c1cccc(N2CCCCC2)c1. The number of piperidine rings is 1. The van der Waals surface area contributed by atoms with Crippen LogP contribution in [0, 0.1) is 0 Å². The van der Waals surface area contributed by atoms with Gasteiger partial charge in [-0.05, 0) is 67.3 Å². The summed E-state index contributed by atoms with van der Waals surface area (Å²) >= 11 is 1.84. The van der Waals surface area contributed by atoms with E-state index in [0.29, 0.717) is 9.79 Å². The largest absolute Gasteiger partial charge is 0.372 e. The molecule has 5 rings (SSSR count). The van der Waals surface area contributed by atoms with Crippen molar-refractivity contribution in [3.05, 3.63) is 78.4 Å². The predicted molar refractivity (Wildman–Crippen MR) is 128 cm³/mol. The average Bonchev–Trinajstić information content (AvgIpc) is 3.23. The van der Waals surface area contributed by atoms with E-state index in [1.807, 2.05) is 42.1 Å². The summed E-state index contributed by atoms with van der Waals surface area (Å²) in [4.78, 5) is 6.63. The highest BCUT2D eigenvalue weighted by Crippen LogP contribution is 2.38. The van der Waals surface area contributed by atoms with E-state index in [-0.39, 0.29) is 0 Å². The van der Waals surface area contributed by atoms with Crippen molar-refractivity contribution in [2.24, 2.45) is 0 Å². The van der Waals surface area contributed by atoms with Gasteiger partial charge in [0.05, 0.1) is 21.4 Å². The summed E-state index contributed by atoms with van der Waals surface area (Å²) in [5.74, 6) is 0.919. The molecule has 0 spiro atoms. The Hall–Kier alpha value is -2.44. The molecular formula is C25H26N2O2S2. The van der Waals surface area contributed by atoms with Gasteiger partial charge in [0.2, 0.25) is 9.84 Å². The normalized spacial score (nSPS) is 16.4. The van der Waals surface area contributed by atoms with Crippen molar-refractivity contribution in [2.45, 2.75) is 40.5 Å². The minimum Gasteiger partial charge on any atom is -0.372 e. The van der Waals surface area contributed by atoms with E-state index in [1.165, 1.54) is 29.8 Å². The van der Waals surface area contributed by atoms with E-state index in [9.17, 15) is 8.42 Å². The third-order valence-corrected chi connectivity index (χ3v) is 8.90. The monoisotopic (exact) mass is 450 g/mol. The number of thioether (sulfide) groups is 1. The highest BCUT2D eigenvalue weighted by atomic mass is 32.2. The average molecular weight is 451 g/mol. The zero-order valence-corrected chi connectivity index (χ0v) is 19.0. The third kappa shape index (κ3) is 4.19. The zero-order chi connectivity index (χ0) is 21.3. The number of hydrogen-bond acceptors (Lipinski definition) is 5. The number of fused-ring (bicyclic) bond motifs is 1. The summed E-state index contributed by atoms with van der Waals surface area (Å²) in [7, 11) is -3.54. The number of hydrogen-bond donors (Lipinski definition) is 0. The Morgan fingerprint density at radius 1 is 0.806 bits per heavy atom. The lowest BCUT2D eigenvalue weighted by atomic mass is 10.1. The van der Waals surface area contributed by atoms with Crippen molar-refractivity contribution in [3.63, 3.8) is 0 Å². The lowest BCUT2D eigenvalue weighted by Gasteiger charge is -2.29. The van der Waals surface area contributed by atoms with E-state index in [1.54, 1.807) is 18.2 Å². The summed E-state index contributed by atoms with van der Waals surface area (Å²) in [6.07, 6.45) is 3.58. The predicted octanol–water partition coefficient (Wildman–Crippen LogP) is 5.58. The molecule has 2 heterocycles. The quantitative estimate of drug-likeness (QED) is 0.508. The molecule has 0 N–H and O–H groups in total. The van der Waals surface area contributed by atoms with Gasteiger partial charge >= 0.3 is 0 Å². The van der Waals surface area contributed by atoms with Gasteiger partial charge in [-0.1, -0.05) is 30.3 Å². The van der Waals surface area contributed by atoms with E-state index in [4.69, 9.17) is 0 Å². The smallest absolute Gasteiger partial charge is 0.206 e. The fourth-order valence-electron chi connectivity index (χ4n) is 4.32. The fraction of sp³-hybridized carbons (Fsp3) is 0.280. The molecule has 0 aliphatic carbocycles. The molecule has 1 saturated heterocycles. The molecule has 0 amide bonds. The maximum absolute atomic E-state index is 13.3. The van der Waals surface area contributed by atoms with Crippen LogP contribution >= 0.6 is 11.8 Å². The summed E-state index contributed by atoms with van der Waals surface area (Å²) in [5, 5.41) is 0. The second-order valence-electron chi connectivity index (χ2n) is 8.13. The molecule has 0 unspecified atom stereocenters. The van der Waals surface area contributed by atoms with Crippen molar-refractivity contribution in [3.8, 4) is 0 Å². The first kappa shape index (κ1) is 20.5. The van der Waals surface area contributed by atoms with Crippen molar-refractivity contribution in [1.29, 1.82) is 0 Å². The Kier molecular flexibility index (Phi) is 5.67. The molecule has 6 heteroatoms. The first-order chi connectivity index (χ1) is 15.1. The summed E-state index contributed by atoms with van der Waals surface area (Å²) < 4.78 is 26.5. The lowest BCUT2D eigenvalue weighted by molar-refractivity contribution is 0.577. The van der Waals surface area contributed by atoms with E-state index in [0.717, 1.165) is 36.8 Å². The fourth-order valence-corrected chi connectivity index (χ4v) is 6.66. The molecule has 0 atom stereocenters. The van der Waals surface area contributed by atoms with Crippen LogP contribution in [0.15, 0.2) is 87.5 Å². The van der Waals surface area contributed by atoms with E-state index < -0.39 is 9.84 Å². The van der Waals surface area contributed by atoms with Crippen LogP contribution in [0.1, 0.15) is 24.8 Å². The van der Waals surface area contributed by atoms with Gasteiger partial charge in [0, 0.05) is 30.2 Å². The third-order valence-electron chi connectivity index (χ3n) is 6.04. The molecule has 4 nitrogen and oxygen atoms in total. The van der Waals surface area contributed by atoms with Gasteiger partial charge in [0.1, 0.15) is 0 Å². The molecule has 0 saturated carbocycles. The second-order valence-corrected chi connectivity index (χ2v) is 11.1. The number of nitrogens with zero attached hydrogens (tertiary/aromatic N) is 2. The summed E-state index contributed by atoms with van der Waals surface area (Å²) in [5.41, 5.74) is 3.36. The van der Waals surface area contributed by atoms with Gasteiger partial charge < -0.3 is 9.80 Å². The maximum Gasteiger partial charge on any atom is 0.206 e. The Labute approximate surface area is 188 Å². The minimum absolute atomic E-state index is 0.350. The number of benzene rings is 3. The molecule has 2 aliphatic heterocycles. The molecule has 1 fully saturated rings. The molecule has 3 aromatic carbocycles. The molecule has 0 aromatic heterocycles. The number of sulfone groups is 1. The van der Waals surface area contributed by atoms with Gasteiger partial charge in [-0.15, -0.1) is 11.8 Å². The molecular weight excluding hydrogens is 424 g/mol. The Bertz CT molecular complexity index is 1170. The van der Waals surface area contributed by atoms with Gasteiger partial charge in [-0.2, -0.15) is 0 Å². The number of anilines is 2. The first-order valence-corrected chi connectivity index (χ1v) is 13.2. The van der Waals surface area contributed by atoms with Crippen LogP contribution in [0.2, 0.25) is 0 Å². The molecule has 0 radical (unpaired) electrons. The van der Waals surface area contributed by atoms with Crippen LogP contribution in [0.5, 0.6) is 0 Å². The highest BCUT2D eigenvalue weighted by molar-refractivity contribution is 7.99. The molecule has 2 aliphatic rings. The summed E-state index contributed by atoms with van der Waals surface area (Å²) in [6.45, 7) is 2.76. The lowest BCUT2D eigenvalue weighted by Crippen LogP contribution is -2.29.